The van der Waals surface area contributed by atoms with Crippen molar-refractivity contribution < 1.29 is 14.6 Å². The average Bonchev–Trinajstić information content (AvgIpc) is 2.60. The third-order valence-electron chi connectivity index (χ3n) is 4.78. The molecule has 0 amide bonds. The molecule has 3 aliphatic rings. The van der Waals surface area contributed by atoms with E-state index in [-0.39, 0.29) is 5.75 Å². The topological polar surface area (TPSA) is 41.9 Å². The Morgan fingerprint density at radius 2 is 1.39 bits per heavy atom. The first-order valence-corrected chi connectivity index (χ1v) is 8.22. The molecule has 0 aromatic heterocycles. The number of piperidine rings is 3. The van der Waals surface area contributed by atoms with Gasteiger partial charge in [-0.25, -0.2) is 0 Å². The van der Waals surface area contributed by atoms with Gasteiger partial charge in [-0.05, 0) is 80.4 Å². The Hall–Kier alpha value is -2.20. The van der Waals surface area contributed by atoms with Gasteiger partial charge in [0.1, 0.15) is 29.1 Å². The van der Waals surface area contributed by atoms with E-state index in [1.807, 2.05) is 24.3 Å². The van der Waals surface area contributed by atoms with Gasteiger partial charge < -0.3 is 14.6 Å². The first kappa shape index (κ1) is 14.4. The lowest BCUT2D eigenvalue weighted by atomic mass is 9.86. The Morgan fingerprint density at radius 3 is 1.96 bits per heavy atom. The van der Waals surface area contributed by atoms with Crippen LogP contribution in [-0.2, 0) is 0 Å². The number of ether oxygens (including phenoxy) is 2. The number of phenols is 1. The van der Waals surface area contributed by atoms with Gasteiger partial charge in [-0.15, -0.1) is 0 Å². The first-order valence-electron chi connectivity index (χ1n) is 8.22. The second kappa shape index (κ2) is 6.13. The van der Waals surface area contributed by atoms with Gasteiger partial charge in [0.2, 0.25) is 0 Å². The highest BCUT2D eigenvalue weighted by Crippen LogP contribution is 2.31. The van der Waals surface area contributed by atoms with E-state index in [0.29, 0.717) is 17.8 Å². The van der Waals surface area contributed by atoms with E-state index in [2.05, 4.69) is 4.90 Å². The molecular formula is C19H21NO3. The van der Waals surface area contributed by atoms with Gasteiger partial charge in [0.15, 0.2) is 0 Å². The molecule has 23 heavy (non-hydrogen) atoms. The van der Waals surface area contributed by atoms with Crippen molar-refractivity contribution in [2.75, 3.05) is 19.6 Å². The number of nitrogens with zero attached hydrogens (tertiary/aromatic N) is 1. The van der Waals surface area contributed by atoms with Crippen molar-refractivity contribution in [1.82, 2.24) is 4.90 Å². The molecule has 5 rings (SSSR count). The van der Waals surface area contributed by atoms with E-state index in [0.717, 1.165) is 18.0 Å². The molecule has 120 valence electrons. The average molecular weight is 311 g/mol. The number of hydrogen-bond acceptors (Lipinski definition) is 4. The Bertz CT molecular complexity index is 645. The molecule has 2 aromatic carbocycles. The van der Waals surface area contributed by atoms with Crippen molar-refractivity contribution in [2.24, 2.45) is 5.92 Å². The summed E-state index contributed by atoms with van der Waals surface area (Å²) in [6.07, 6.45) is 2.83. The largest absolute Gasteiger partial charge is 0.508 e. The minimum Gasteiger partial charge on any atom is -0.508 e. The van der Waals surface area contributed by atoms with E-state index in [1.165, 1.54) is 25.9 Å². The molecule has 4 nitrogen and oxygen atoms in total. The molecule has 1 N–H and O–H groups in total. The smallest absolute Gasteiger partial charge is 0.127 e. The fourth-order valence-corrected chi connectivity index (χ4v) is 3.46. The summed E-state index contributed by atoms with van der Waals surface area (Å²) < 4.78 is 11.9. The molecule has 4 heteroatoms. The van der Waals surface area contributed by atoms with E-state index < -0.39 is 0 Å². The molecule has 0 spiro atoms. The van der Waals surface area contributed by atoms with Crippen LogP contribution >= 0.6 is 0 Å². The summed E-state index contributed by atoms with van der Waals surface area (Å²) in [5.74, 6) is 3.30. The number of fused-ring (bicyclic) bond motifs is 3. The second-order valence-electron chi connectivity index (χ2n) is 6.36. The van der Waals surface area contributed by atoms with Crippen LogP contribution in [0.25, 0.3) is 0 Å². The summed E-state index contributed by atoms with van der Waals surface area (Å²) in [5, 5.41) is 9.28. The van der Waals surface area contributed by atoms with Gasteiger partial charge >= 0.3 is 0 Å². The van der Waals surface area contributed by atoms with Crippen LogP contribution in [0.15, 0.2) is 48.5 Å². The monoisotopic (exact) mass is 311 g/mol. The van der Waals surface area contributed by atoms with Crippen LogP contribution in [0.2, 0.25) is 0 Å². The van der Waals surface area contributed by atoms with E-state index in [4.69, 9.17) is 9.47 Å². The van der Waals surface area contributed by atoms with E-state index >= 15 is 0 Å². The summed E-state index contributed by atoms with van der Waals surface area (Å²) >= 11 is 0. The van der Waals surface area contributed by atoms with Gasteiger partial charge in [-0.3, -0.25) is 4.90 Å². The van der Waals surface area contributed by atoms with Crippen LogP contribution in [0.3, 0.4) is 0 Å². The first-order chi connectivity index (χ1) is 11.3. The molecule has 0 radical (unpaired) electrons. The van der Waals surface area contributed by atoms with E-state index in [1.54, 1.807) is 24.3 Å². The van der Waals surface area contributed by atoms with Gasteiger partial charge in [0, 0.05) is 6.54 Å². The van der Waals surface area contributed by atoms with Crippen molar-refractivity contribution in [1.29, 1.82) is 0 Å². The molecule has 0 saturated carbocycles. The zero-order valence-electron chi connectivity index (χ0n) is 13.0. The highest BCUT2D eigenvalue weighted by Gasteiger charge is 2.35. The number of benzene rings is 2. The molecule has 3 heterocycles. The Balaban J connectivity index is 1.39. The predicted molar refractivity (Wildman–Crippen MR) is 88.2 cm³/mol. The van der Waals surface area contributed by atoms with Gasteiger partial charge in [-0.2, -0.15) is 0 Å². The molecule has 3 fully saturated rings. The highest BCUT2D eigenvalue weighted by molar-refractivity contribution is 5.37. The maximum absolute atomic E-state index is 9.28. The number of hydrogen-bond donors (Lipinski definition) is 1. The SMILES string of the molecule is Oc1ccc(Oc2ccc(O[C@H]3CN4CCC3CC4)cc2)cc1. The normalized spacial score (nSPS) is 26.0. The van der Waals surface area contributed by atoms with E-state index in [9.17, 15) is 5.11 Å². The van der Waals surface area contributed by atoms with Crippen LogP contribution in [-0.4, -0.2) is 35.7 Å². The molecule has 3 aliphatic heterocycles. The Labute approximate surface area is 136 Å². The molecule has 1 atom stereocenters. The van der Waals surface area contributed by atoms with Gasteiger partial charge in [0.05, 0.1) is 0 Å². The third kappa shape index (κ3) is 3.27. The van der Waals surface area contributed by atoms with Crippen molar-refractivity contribution >= 4 is 0 Å². The molecule has 2 aromatic rings. The molecule has 3 saturated heterocycles. The number of rotatable bonds is 4. The standard InChI is InChI=1S/C19H21NO3/c21-15-1-3-16(4-2-15)22-17-5-7-18(8-6-17)23-19-13-20-11-9-14(19)10-12-20/h1-8,14,19,21H,9-13H2/t19-/m0/s1. The molecular weight excluding hydrogens is 290 g/mol. The summed E-state index contributed by atoms with van der Waals surface area (Å²) in [4.78, 5) is 2.49. The summed E-state index contributed by atoms with van der Waals surface area (Å²) in [6.45, 7) is 3.50. The van der Waals surface area contributed by atoms with Crippen LogP contribution in [0.4, 0.5) is 0 Å². The summed E-state index contributed by atoms with van der Waals surface area (Å²) in [7, 11) is 0. The summed E-state index contributed by atoms with van der Waals surface area (Å²) in [5.41, 5.74) is 0. The lowest BCUT2D eigenvalue weighted by molar-refractivity contribution is -0.00777. The lowest BCUT2D eigenvalue weighted by Gasteiger charge is -2.44. The fourth-order valence-electron chi connectivity index (χ4n) is 3.46. The maximum Gasteiger partial charge on any atom is 0.127 e. The molecule has 0 unspecified atom stereocenters. The number of phenolic OH excluding ortho intramolecular Hbond substituents is 1. The maximum atomic E-state index is 9.28. The predicted octanol–water partition coefficient (Wildman–Crippen LogP) is 3.66. The second-order valence-corrected chi connectivity index (χ2v) is 6.36. The van der Waals surface area contributed by atoms with Crippen molar-refractivity contribution in [3.8, 4) is 23.0 Å². The Morgan fingerprint density at radius 1 is 0.826 bits per heavy atom. The highest BCUT2D eigenvalue weighted by atomic mass is 16.5. The number of aromatic hydroxyl groups is 1. The van der Waals surface area contributed by atoms with Crippen molar-refractivity contribution in [3.05, 3.63) is 48.5 Å². The summed E-state index contributed by atoms with van der Waals surface area (Å²) in [6, 6.07) is 14.5. The fraction of sp³-hybridized carbons (Fsp3) is 0.368. The lowest BCUT2D eigenvalue weighted by Crippen LogP contribution is -2.52. The minimum absolute atomic E-state index is 0.235. The zero-order valence-corrected chi connectivity index (χ0v) is 13.0. The Kier molecular flexibility index (Phi) is 3.83. The minimum atomic E-state index is 0.235. The van der Waals surface area contributed by atoms with Crippen molar-refractivity contribution in [2.45, 2.75) is 18.9 Å². The van der Waals surface area contributed by atoms with Crippen LogP contribution in [0, 0.1) is 5.92 Å². The molecule has 0 aliphatic carbocycles. The van der Waals surface area contributed by atoms with Crippen LogP contribution in [0.1, 0.15) is 12.8 Å². The van der Waals surface area contributed by atoms with Crippen molar-refractivity contribution in [3.63, 3.8) is 0 Å². The van der Waals surface area contributed by atoms with Gasteiger partial charge in [-0.1, -0.05) is 0 Å². The van der Waals surface area contributed by atoms with Gasteiger partial charge in [0.25, 0.3) is 0 Å². The molecule has 2 bridgehead atoms. The third-order valence-corrected chi connectivity index (χ3v) is 4.78. The zero-order chi connectivity index (χ0) is 15.6. The van der Waals surface area contributed by atoms with Crippen LogP contribution < -0.4 is 9.47 Å². The quantitative estimate of drug-likeness (QED) is 0.935. The van der Waals surface area contributed by atoms with Crippen LogP contribution in [0.5, 0.6) is 23.0 Å².